The molecule has 0 spiro atoms. The van der Waals surface area contributed by atoms with Crippen molar-refractivity contribution in [3.8, 4) is 22.5 Å². The molecule has 5 rings (SSSR count). The van der Waals surface area contributed by atoms with Gasteiger partial charge < -0.3 is 14.6 Å². The highest BCUT2D eigenvalue weighted by Crippen LogP contribution is 2.39. The lowest BCUT2D eigenvalue weighted by Gasteiger charge is -2.21. The molecule has 2 unspecified atom stereocenters. The molecule has 1 aliphatic heterocycles. The maximum Gasteiger partial charge on any atom is 0.142 e. The number of halogens is 1. The summed E-state index contributed by atoms with van der Waals surface area (Å²) in [6, 6.07) is 12.3. The lowest BCUT2D eigenvalue weighted by Crippen LogP contribution is -2.22. The molecular formula is C23H25FN4O. The molecule has 5 nitrogen and oxygen atoms in total. The Kier molecular flexibility index (Phi) is 4.79. The second-order valence-electron chi connectivity index (χ2n) is 7.87. The van der Waals surface area contributed by atoms with Crippen molar-refractivity contribution in [2.24, 2.45) is 0 Å². The second kappa shape index (κ2) is 7.59. The van der Waals surface area contributed by atoms with E-state index in [0.29, 0.717) is 19.5 Å². The second-order valence-corrected chi connectivity index (χ2v) is 7.87. The summed E-state index contributed by atoms with van der Waals surface area (Å²) in [7, 11) is 1.76. The molecule has 0 amide bonds. The Hall–Kier alpha value is -2.73. The Morgan fingerprint density at radius 2 is 2.03 bits per heavy atom. The minimum absolute atomic E-state index is 0.226. The van der Waals surface area contributed by atoms with E-state index in [-0.39, 0.29) is 6.10 Å². The third-order valence-electron chi connectivity index (χ3n) is 6.02. The summed E-state index contributed by atoms with van der Waals surface area (Å²) in [5, 5.41) is 0. The maximum atomic E-state index is 14.0. The third-order valence-corrected chi connectivity index (χ3v) is 6.02. The molecule has 1 aliphatic carbocycles. The van der Waals surface area contributed by atoms with Crippen LogP contribution in [0.2, 0.25) is 0 Å². The Morgan fingerprint density at radius 3 is 2.79 bits per heavy atom. The van der Waals surface area contributed by atoms with Gasteiger partial charge in [0.05, 0.1) is 23.9 Å². The molecule has 150 valence electrons. The summed E-state index contributed by atoms with van der Waals surface area (Å²) in [5.74, 6) is 1.62. The number of methoxy groups -OCH3 is 1. The smallest absolute Gasteiger partial charge is 0.142 e. The van der Waals surface area contributed by atoms with Crippen LogP contribution in [0.15, 0.2) is 42.6 Å². The van der Waals surface area contributed by atoms with Crippen molar-refractivity contribution in [2.45, 2.75) is 38.0 Å². The van der Waals surface area contributed by atoms with E-state index in [1.54, 1.807) is 7.11 Å². The van der Waals surface area contributed by atoms with Crippen molar-refractivity contribution in [1.29, 1.82) is 0 Å². The minimum atomic E-state index is -0.808. The molecule has 6 heteroatoms. The van der Waals surface area contributed by atoms with Crippen LogP contribution in [0.3, 0.4) is 0 Å². The van der Waals surface area contributed by atoms with Gasteiger partial charge in [-0.15, -0.1) is 0 Å². The number of ether oxygens (including phenoxy) is 1. The van der Waals surface area contributed by atoms with Gasteiger partial charge in [0.25, 0.3) is 0 Å². The zero-order valence-corrected chi connectivity index (χ0v) is 16.6. The highest BCUT2D eigenvalue weighted by Gasteiger charge is 2.29. The maximum absolute atomic E-state index is 14.0. The van der Waals surface area contributed by atoms with Gasteiger partial charge in [-0.05, 0) is 36.5 Å². The van der Waals surface area contributed by atoms with Gasteiger partial charge in [0.2, 0.25) is 0 Å². The summed E-state index contributed by atoms with van der Waals surface area (Å²) in [5.41, 5.74) is 5.36. The van der Waals surface area contributed by atoms with Gasteiger partial charge in [-0.1, -0.05) is 30.3 Å². The number of H-pyrrole nitrogens is 1. The molecule has 1 fully saturated rings. The van der Waals surface area contributed by atoms with Crippen LogP contribution >= 0.6 is 0 Å². The number of aromatic nitrogens is 3. The van der Waals surface area contributed by atoms with Crippen LogP contribution in [0.4, 0.5) is 10.2 Å². The molecule has 2 aliphatic rings. The molecule has 0 radical (unpaired) electrons. The number of hydrogen-bond donors (Lipinski definition) is 1. The molecule has 1 N–H and O–H groups in total. The number of aromatic amines is 1. The highest BCUT2D eigenvalue weighted by atomic mass is 19.1. The Labute approximate surface area is 170 Å². The van der Waals surface area contributed by atoms with E-state index >= 15 is 0 Å². The summed E-state index contributed by atoms with van der Waals surface area (Å²) < 4.78 is 19.5. The summed E-state index contributed by atoms with van der Waals surface area (Å²) in [4.78, 5) is 15.2. The van der Waals surface area contributed by atoms with Gasteiger partial charge in [-0.3, -0.25) is 0 Å². The van der Waals surface area contributed by atoms with Crippen LogP contribution in [-0.4, -0.2) is 47.4 Å². The molecule has 2 atom stereocenters. The number of benzene rings is 1. The number of nitrogens with one attached hydrogen (secondary N) is 1. The van der Waals surface area contributed by atoms with E-state index in [1.807, 2.05) is 35.4 Å². The molecule has 0 saturated carbocycles. The molecule has 1 aromatic carbocycles. The molecule has 29 heavy (non-hydrogen) atoms. The van der Waals surface area contributed by atoms with E-state index < -0.39 is 6.17 Å². The molecule has 3 aromatic rings. The number of imidazole rings is 1. The van der Waals surface area contributed by atoms with E-state index in [1.165, 1.54) is 0 Å². The van der Waals surface area contributed by atoms with Gasteiger partial charge in [0, 0.05) is 32.0 Å². The Bertz CT molecular complexity index is 1000. The van der Waals surface area contributed by atoms with Crippen molar-refractivity contribution < 1.29 is 9.13 Å². The predicted molar refractivity (Wildman–Crippen MR) is 112 cm³/mol. The van der Waals surface area contributed by atoms with Gasteiger partial charge in [-0.2, -0.15) is 0 Å². The number of rotatable bonds is 4. The van der Waals surface area contributed by atoms with Gasteiger partial charge in [-0.25, -0.2) is 14.4 Å². The first-order valence-electron chi connectivity index (χ1n) is 10.3. The van der Waals surface area contributed by atoms with Crippen LogP contribution in [0.25, 0.3) is 22.5 Å². The predicted octanol–water partition coefficient (Wildman–Crippen LogP) is 4.19. The lowest BCUT2D eigenvalue weighted by atomic mass is 9.98. The average molecular weight is 392 g/mol. The van der Waals surface area contributed by atoms with E-state index in [4.69, 9.17) is 9.72 Å². The third kappa shape index (κ3) is 3.42. The summed E-state index contributed by atoms with van der Waals surface area (Å²) in [6.07, 6.45) is 4.50. The minimum Gasteiger partial charge on any atom is -0.381 e. The van der Waals surface area contributed by atoms with Crippen molar-refractivity contribution in [3.05, 3.63) is 54.0 Å². The fourth-order valence-corrected chi connectivity index (χ4v) is 4.46. The molecular weight excluding hydrogens is 367 g/mol. The summed E-state index contributed by atoms with van der Waals surface area (Å²) in [6.45, 7) is 1.05. The first-order valence-corrected chi connectivity index (χ1v) is 10.3. The van der Waals surface area contributed by atoms with Crippen molar-refractivity contribution in [2.75, 3.05) is 25.1 Å². The number of aryl methyl sites for hydroxylation is 1. The number of alkyl halides is 1. The normalized spacial score (nSPS) is 21.4. The largest absolute Gasteiger partial charge is 0.381 e. The van der Waals surface area contributed by atoms with Crippen LogP contribution in [0, 0.1) is 0 Å². The number of fused-ring (bicyclic) bond motifs is 1. The fourth-order valence-electron chi connectivity index (χ4n) is 4.46. The van der Waals surface area contributed by atoms with Crippen LogP contribution in [-0.2, 0) is 17.6 Å². The zero-order valence-electron chi connectivity index (χ0n) is 16.6. The quantitative estimate of drug-likeness (QED) is 0.723. The number of pyridine rings is 1. The molecule has 3 heterocycles. The van der Waals surface area contributed by atoms with Crippen LogP contribution in [0.1, 0.15) is 24.2 Å². The SMILES string of the molecule is COC1CCc2nc(-c3c(-c4ccccc4)ccnc3N3CCC(F)C3)[nH]c2C1. The standard InChI is InChI=1S/C23H25FN4O/c1-29-17-7-8-19-20(13-17)27-22(26-19)21-18(15-5-3-2-4-6-15)9-11-25-23(21)28-12-10-16(24)14-28/h2-6,9,11,16-17H,7-8,10,12-14H2,1H3,(H,26,27). The summed E-state index contributed by atoms with van der Waals surface area (Å²) >= 11 is 0. The van der Waals surface area contributed by atoms with Crippen molar-refractivity contribution in [1.82, 2.24) is 15.0 Å². The average Bonchev–Trinajstić information content (AvgIpc) is 3.39. The molecule has 0 bridgehead atoms. The van der Waals surface area contributed by atoms with Crippen molar-refractivity contribution in [3.63, 3.8) is 0 Å². The zero-order chi connectivity index (χ0) is 19.8. The fraction of sp³-hybridized carbons (Fsp3) is 0.391. The van der Waals surface area contributed by atoms with Gasteiger partial charge in [0.15, 0.2) is 0 Å². The number of nitrogens with zero attached hydrogens (tertiary/aromatic N) is 3. The van der Waals surface area contributed by atoms with E-state index in [9.17, 15) is 4.39 Å². The van der Waals surface area contributed by atoms with E-state index in [0.717, 1.165) is 59.0 Å². The first-order chi connectivity index (χ1) is 14.2. The van der Waals surface area contributed by atoms with Crippen molar-refractivity contribution >= 4 is 5.82 Å². The topological polar surface area (TPSA) is 54.0 Å². The van der Waals surface area contributed by atoms with Crippen LogP contribution < -0.4 is 4.90 Å². The van der Waals surface area contributed by atoms with Gasteiger partial charge >= 0.3 is 0 Å². The monoisotopic (exact) mass is 392 g/mol. The Morgan fingerprint density at radius 1 is 1.17 bits per heavy atom. The molecule has 2 aromatic heterocycles. The van der Waals surface area contributed by atoms with Gasteiger partial charge in [0.1, 0.15) is 17.8 Å². The first kappa shape index (κ1) is 18.3. The van der Waals surface area contributed by atoms with Crippen LogP contribution in [0.5, 0.6) is 0 Å². The number of anilines is 1. The molecule has 1 saturated heterocycles. The Balaban J connectivity index is 1.65. The highest BCUT2D eigenvalue weighted by molar-refractivity contribution is 5.88. The van der Waals surface area contributed by atoms with E-state index in [2.05, 4.69) is 22.1 Å². The lowest BCUT2D eigenvalue weighted by molar-refractivity contribution is 0.0899. The number of hydrogen-bond acceptors (Lipinski definition) is 4.